The summed E-state index contributed by atoms with van der Waals surface area (Å²) < 4.78 is 1.78. The van der Waals surface area contributed by atoms with Crippen LogP contribution in [0.5, 0.6) is 0 Å². The molecule has 0 radical (unpaired) electrons. The first kappa shape index (κ1) is 19.5. The number of aryl methyl sites for hydroxylation is 1. The highest BCUT2D eigenvalue weighted by molar-refractivity contribution is 5.94. The van der Waals surface area contributed by atoms with Gasteiger partial charge in [0.05, 0.1) is 11.7 Å². The van der Waals surface area contributed by atoms with E-state index in [1.807, 2.05) is 37.6 Å². The van der Waals surface area contributed by atoms with E-state index in [0.717, 1.165) is 54.5 Å². The number of anilines is 1. The minimum absolute atomic E-state index is 0.0395. The zero-order chi connectivity index (χ0) is 20.4. The smallest absolute Gasteiger partial charge is 0.228 e. The molecule has 0 unspecified atom stereocenters. The summed E-state index contributed by atoms with van der Waals surface area (Å²) in [4.78, 5) is 15.2. The van der Waals surface area contributed by atoms with Crippen molar-refractivity contribution < 1.29 is 4.79 Å². The highest BCUT2D eigenvalue weighted by Gasteiger charge is 2.25. The fraction of sp³-hybridized carbons (Fsp3) is 0.455. The zero-order valence-electron chi connectivity index (χ0n) is 17.3. The topological polar surface area (TPSA) is 75.9 Å². The van der Waals surface area contributed by atoms with Crippen LogP contribution in [-0.4, -0.2) is 50.4 Å². The summed E-state index contributed by atoms with van der Waals surface area (Å²) in [6, 6.07) is 7.91. The molecule has 0 atom stereocenters. The van der Waals surface area contributed by atoms with Crippen LogP contribution in [0.2, 0.25) is 0 Å². The van der Waals surface area contributed by atoms with Gasteiger partial charge in [-0.1, -0.05) is 19.9 Å². The summed E-state index contributed by atoms with van der Waals surface area (Å²) in [5.74, 6) is 1.25. The van der Waals surface area contributed by atoms with Gasteiger partial charge in [0.1, 0.15) is 0 Å². The molecule has 0 spiro atoms. The number of hydrogen-bond donors (Lipinski definition) is 1. The van der Waals surface area contributed by atoms with Crippen LogP contribution in [-0.2, 0) is 11.8 Å². The van der Waals surface area contributed by atoms with E-state index in [9.17, 15) is 4.79 Å². The van der Waals surface area contributed by atoms with Crippen LogP contribution in [0.1, 0.15) is 26.7 Å². The Morgan fingerprint density at radius 2 is 1.97 bits per heavy atom. The summed E-state index contributed by atoms with van der Waals surface area (Å²) in [5, 5.41) is 16.6. The third kappa shape index (κ3) is 4.62. The second-order valence-corrected chi connectivity index (χ2v) is 8.36. The van der Waals surface area contributed by atoms with Crippen molar-refractivity contribution >= 4 is 22.6 Å². The monoisotopic (exact) mass is 392 g/mol. The lowest BCUT2D eigenvalue weighted by atomic mass is 9.95. The lowest BCUT2D eigenvalue weighted by molar-refractivity contribution is -0.121. The lowest BCUT2D eigenvalue weighted by Crippen LogP contribution is -2.39. The fourth-order valence-electron chi connectivity index (χ4n) is 3.98. The lowest BCUT2D eigenvalue weighted by Gasteiger charge is -2.32. The molecule has 1 aromatic carbocycles. The van der Waals surface area contributed by atoms with Crippen molar-refractivity contribution in [3.8, 4) is 11.1 Å². The maximum absolute atomic E-state index is 12.7. The molecule has 1 fully saturated rings. The minimum atomic E-state index is 0.0395. The van der Waals surface area contributed by atoms with Crippen molar-refractivity contribution in [2.75, 3.05) is 25.0 Å². The SMILES string of the molecule is CC(C)CN1CCC(C(=O)Nc2cc3cc(-c4cnn(C)c4)ccc3nn2)CC1. The Bertz CT molecular complexity index is 1000. The molecule has 1 aliphatic rings. The second-order valence-electron chi connectivity index (χ2n) is 8.36. The highest BCUT2D eigenvalue weighted by Crippen LogP contribution is 2.25. The predicted molar refractivity (Wildman–Crippen MR) is 114 cm³/mol. The third-order valence-corrected chi connectivity index (χ3v) is 5.46. The molecule has 0 bridgehead atoms. The molecule has 7 heteroatoms. The first-order valence-electron chi connectivity index (χ1n) is 10.3. The molecule has 1 aliphatic heterocycles. The number of carbonyl (C=O) groups is 1. The summed E-state index contributed by atoms with van der Waals surface area (Å²) in [5.41, 5.74) is 2.91. The van der Waals surface area contributed by atoms with Crippen LogP contribution in [0, 0.1) is 11.8 Å². The molecule has 3 heterocycles. The van der Waals surface area contributed by atoms with E-state index in [-0.39, 0.29) is 11.8 Å². The standard InChI is InChI=1S/C22H28N6O/c1-15(2)13-28-8-6-16(7-9-28)22(29)24-21-11-18-10-17(4-5-20(18)25-26-21)19-12-23-27(3)14-19/h4-5,10-12,14-16H,6-9,13H2,1-3H3,(H,24,26,29). The molecule has 2 aromatic heterocycles. The Morgan fingerprint density at radius 3 is 2.66 bits per heavy atom. The second kappa shape index (κ2) is 8.29. The van der Waals surface area contributed by atoms with Crippen LogP contribution >= 0.6 is 0 Å². The number of hydrogen-bond acceptors (Lipinski definition) is 5. The number of piperidine rings is 1. The van der Waals surface area contributed by atoms with Crippen molar-refractivity contribution in [1.82, 2.24) is 24.9 Å². The van der Waals surface area contributed by atoms with E-state index in [1.54, 1.807) is 4.68 Å². The summed E-state index contributed by atoms with van der Waals surface area (Å²) >= 11 is 0. The van der Waals surface area contributed by atoms with Crippen molar-refractivity contribution in [3.63, 3.8) is 0 Å². The number of carbonyl (C=O) groups excluding carboxylic acids is 1. The van der Waals surface area contributed by atoms with Crippen LogP contribution in [0.15, 0.2) is 36.7 Å². The average Bonchev–Trinajstić information content (AvgIpc) is 3.14. The van der Waals surface area contributed by atoms with Gasteiger partial charge in [-0.05, 0) is 55.6 Å². The van der Waals surface area contributed by atoms with Gasteiger partial charge in [0.25, 0.3) is 0 Å². The summed E-state index contributed by atoms with van der Waals surface area (Å²) in [6.07, 6.45) is 5.60. The van der Waals surface area contributed by atoms with E-state index in [1.165, 1.54) is 0 Å². The minimum Gasteiger partial charge on any atom is -0.309 e. The molecular weight excluding hydrogens is 364 g/mol. The van der Waals surface area contributed by atoms with E-state index < -0.39 is 0 Å². The van der Waals surface area contributed by atoms with Gasteiger partial charge in [0, 0.05) is 36.7 Å². The van der Waals surface area contributed by atoms with Crippen molar-refractivity contribution in [3.05, 3.63) is 36.7 Å². The molecular formula is C22H28N6O. The maximum atomic E-state index is 12.7. The Kier molecular flexibility index (Phi) is 5.58. The number of nitrogens with zero attached hydrogens (tertiary/aromatic N) is 5. The van der Waals surface area contributed by atoms with E-state index in [2.05, 4.69) is 45.4 Å². The molecule has 1 saturated heterocycles. The van der Waals surface area contributed by atoms with Crippen molar-refractivity contribution in [2.24, 2.45) is 18.9 Å². The van der Waals surface area contributed by atoms with Gasteiger partial charge in [-0.25, -0.2) is 0 Å². The Morgan fingerprint density at radius 1 is 1.17 bits per heavy atom. The van der Waals surface area contributed by atoms with Gasteiger partial charge in [0.2, 0.25) is 5.91 Å². The highest BCUT2D eigenvalue weighted by atomic mass is 16.2. The maximum Gasteiger partial charge on any atom is 0.228 e. The molecule has 3 aromatic rings. The first-order valence-corrected chi connectivity index (χ1v) is 10.3. The number of amides is 1. The Labute approximate surface area is 171 Å². The van der Waals surface area contributed by atoms with Gasteiger partial charge in [-0.3, -0.25) is 9.48 Å². The number of aromatic nitrogens is 4. The number of nitrogens with one attached hydrogen (secondary N) is 1. The normalized spacial score (nSPS) is 15.9. The van der Waals surface area contributed by atoms with Crippen LogP contribution < -0.4 is 5.32 Å². The summed E-state index contributed by atoms with van der Waals surface area (Å²) in [7, 11) is 1.90. The van der Waals surface area contributed by atoms with Crippen molar-refractivity contribution in [2.45, 2.75) is 26.7 Å². The van der Waals surface area contributed by atoms with E-state index >= 15 is 0 Å². The molecule has 0 aliphatic carbocycles. The van der Waals surface area contributed by atoms with Gasteiger partial charge in [-0.15, -0.1) is 10.2 Å². The Balaban J connectivity index is 1.44. The average molecular weight is 393 g/mol. The number of benzene rings is 1. The van der Waals surface area contributed by atoms with E-state index in [4.69, 9.17) is 0 Å². The molecule has 152 valence electrons. The quantitative estimate of drug-likeness (QED) is 0.721. The molecule has 29 heavy (non-hydrogen) atoms. The predicted octanol–water partition coefficient (Wildman–Crippen LogP) is 3.34. The molecule has 1 N–H and O–H groups in total. The summed E-state index contributed by atoms with van der Waals surface area (Å²) in [6.45, 7) is 7.53. The molecule has 1 amide bonds. The van der Waals surface area contributed by atoms with Crippen LogP contribution in [0.3, 0.4) is 0 Å². The van der Waals surface area contributed by atoms with Gasteiger partial charge >= 0.3 is 0 Å². The van der Waals surface area contributed by atoms with Crippen molar-refractivity contribution in [1.29, 1.82) is 0 Å². The van der Waals surface area contributed by atoms with Gasteiger partial charge in [-0.2, -0.15) is 5.10 Å². The molecule has 0 saturated carbocycles. The Hall–Kier alpha value is -2.80. The number of fused-ring (bicyclic) bond motifs is 1. The third-order valence-electron chi connectivity index (χ3n) is 5.46. The van der Waals surface area contributed by atoms with Gasteiger partial charge in [0.15, 0.2) is 5.82 Å². The fourth-order valence-corrected chi connectivity index (χ4v) is 3.98. The first-order chi connectivity index (χ1) is 14.0. The number of rotatable bonds is 5. The van der Waals surface area contributed by atoms with Crippen LogP contribution in [0.4, 0.5) is 5.82 Å². The zero-order valence-corrected chi connectivity index (χ0v) is 17.3. The molecule has 7 nitrogen and oxygen atoms in total. The molecule has 4 rings (SSSR count). The van der Waals surface area contributed by atoms with Gasteiger partial charge < -0.3 is 10.2 Å². The largest absolute Gasteiger partial charge is 0.309 e. The number of likely N-dealkylation sites (tertiary alicyclic amines) is 1. The van der Waals surface area contributed by atoms with E-state index in [0.29, 0.717) is 11.7 Å². The van der Waals surface area contributed by atoms with Crippen LogP contribution in [0.25, 0.3) is 22.0 Å².